The molecule has 0 heterocycles. The van der Waals surface area contributed by atoms with E-state index < -0.39 is 0 Å². The van der Waals surface area contributed by atoms with Gasteiger partial charge in [-0.25, -0.2) is 0 Å². The van der Waals surface area contributed by atoms with E-state index >= 15 is 0 Å². The van der Waals surface area contributed by atoms with E-state index in [1.165, 1.54) is 73.2 Å². The third-order valence-corrected chi connectivity index (χ3v) is 5.84. The molecular weight excluding hydrogens is 352 g/mol. The quantitative estimate of drug-likeness (QED) is 0.248. The molecule has 2 nitrogen and oxygen atoms in total. The smallest absolute Gasteiger partial charge is 0.0991 e. The van der Waals surface area contributed by atoms with Crippen molar-refractivity contribution in [2.24, 2.45) is 0 Å². The van der Waals surface area contributed by atoms with Gasteiger partial charge in [0.15, 0.2) is 0 Å². The minimum atomic E-state index is 0.721. The molecule has 0 aliphatic rings. The first-order valence-corrected chi connectivity index (χ1v) is 11.4. The standard InChI is InChI=1S/C27H34N2/c1-3-5-7-9-15-29(16-10-8-6-4-2)27-14-13-24-18-25-17-22(21-28)11-12-23(25)19-26(24)20-27/h11-14,17-20H,3-10,15-16H2,1-2H3. The van der Waals surface area contributed by atoms with Crippen molar-refractivity contribution in [1.82, 2.24) is 0 Å². The number of benzene rings is 3. The first-order chi connectivity index (χ1) is 14.2. The SMILES string of the molecule is CCCCCCN(CCCCCC)c1ccc2cc3cc(C#N)ccc3cc2c1. The van der Waals surface area contributed by atoms with Crippen LogP contribution < -0.4 is 4.90 Å². The fourth-order valence-electron chi connectivity index (χ4n) is 4.08. The molecule has 0 unspecified atom stereocenters. The van der Waals surface area contributed by atoms with Gasteiger partial charge in [-0.1, -0.05) is 64.5 Å². The van der Waals surface area contributed by atoms with Gasteiger partial charge in [-0.3, -0.25) is 0 Å². The zero-order valence-electron chi connectivity index (χ0n) is 18.1. The molecule has 0 aliphatic carbocycles. The van der Waals surface area contributed by atoms with Crippen LogP contribution in [0.5, 0.6) is 0 Å². The van der Waals surface area contributed by atoms with Gasteiger partial charge in [0.2, 0.25) is 0 Å². The first kappa shape index (κ1) is 21.2. The van der Waals surface area contributed by atoms with Crippen LogP contribution in [0.1, 0.15) is 70.8 Å². The maximum Gasteiger partial charge on any atom is 0.0991 e. The highest BCUT2D eigenvalue weighted by atomic mass is 15.1. The Balaban J connectivity index is 1.84. The van der Waals surface area contributed by atoms with E-state index in [1.807, 2.05) is 12.1 Å². The number of nitrogens with zero attached hydrogens (tertiary/aromatic N) is 2. The predicted molar refractivity (Wildman–Crippen MR) is 127 cm³/mol. The van der Waals surface area contributed by atoms with E-state index in [1.54, 1.807) is 0 Å². The Labute approximate surface area is 176 Å². The number of fused-ring (bicyclic) bond motifs is 2. The fraction of sp³-hybridized carbons (Fsp3) is 0.444. The van der Waals surface area contributed by atoms with E-state index in [9.17, 15) is 0 Å². The van der Waals surface area contributed by atoms with Crippen LogP contribution in [0.2, 0.25) is 0 Å². The number of rotatable bonds is 11. The Kier molecular flexibility index (Phi) is 7.94. The molecule has 3 aromatic rings. The molecule has 152 valence electrons. The molecule has 2 heteroatoms. The summed E-state index contributed by atoms with van der Waals surface area (Å²) in [4.78, 5) is 2.59. The summed E-state index contributed by atoms with van der Waals surface area (Å²) in [6.45, 7) is 6.85. The van der Waals surface area contributed by atoms with Gasteiger partial charge < -0.3 is 4.90 Å². The third kappa shape index (κ3) is 5.73. The predicted octanol–water partition coefficient (Wildman–Crippen LogP) is 7.83. The highest BCUT2D eigenvalue weighted by molar-refractivity contribution is 5.99. The molecule has 0 bridgehead atoms. The normalized spacial score (nSPS) is 11.1. The topological polar surface area (TPSA) is 27.0 Å². The van der Waals surface area contributed by atoms with Gasteiger partial charge in [0.25, 0.3) is 0 Å². The van der Waals surface area contributed by atoms with Crippen LogP contribution in [0.3, 0.4) is 0 Å². The van der Waals surface area contributed by atoms with Gasteiger partial charge in [0, 0.05) is 18.8 Å². The van der Waals surface area contributed by atoms with E-state index in [4.69, 9.17) is 5.26 Å². The van der Waals surface area contributed by atoms with E-state index in [0.717, 1.165) is 24.0 Å². The summed E-state index contributed by atoms with van der Waals surface area (Å²) in [5, 5.41) is 14.0. The third-order valence-electron chi connectivity index (χ3n) is 5.84. The number of hydrogen-bond donors (Lipinski definition) is 0. The zero-order valence-corrected chi connectivity index (χ0v) is 18.1. The Morgan fingerprint density at radius 3 is 1.83 bits per heavy atom. The molecule has 3 rings (SSSR count). The summed E-state index contributed by atoms with van der Waals surface area (Å²) in [5.41, 5.74) is 2.07. The van der Waals surface area contributed by atoms with E-state index in [2.05, 4.69) is 61.2 Å². The van der Waals surface area contributed by atoms with Gasteiger partial charge in [0.05, 0.1) is 11.6 Å². The van der Waals surface area contributed by atoms with Crippen molar-refractivity contribution in [3.63, 3.8) is 0 Å². The molecule has 0 radical (unpaired) electrons. The number of anilines is 1. The lowest BCUT2D eigenvalue weighted by Gasteiger charge is -2.25. The first-order valence-electron chi connectivity index (χ1n) is 11.4. The number of hydrogen-bond acceptors (Lipinski definition) is 2. The highest BCUT2D eigenvalue weighted by Gasteiger charge is 2.08. The van der Waals surface area contributed by atoms with Gasteiger partial charge in [0.1, 0.15) is 0 Å². The molecular formula is C27H34N2. The largest absolute Gasteiger partial charge is 0.372 e. The van der Waals surface area contributed by atoms with Crippen molar-refractivity contribution in [2.45, 2.75) is 65.2 Å². The fourth-order valence-corrected chi connectivity index (χ4v) is 4.08. The summed E-state index contributed by atoms with van der Waals surface area (Å²) >= 11 is 0. The second-order valence-electron chi connectivity index (χ2n) is 8.17. The maximum absolute atomic E-state index is 9.16. The number of nitriles is 1. The Hall–Kier alpha value is -2.53. The molecule has 29 heavy (non-hydrogen) atoms. The summed E-state index contributed by atoms with van der Waals surface area (Å²) < 4.78 is 0. The van der Waals surface area contributed by atoms with Crippen LogP contribution in [0.25, 0.3) is 21.5 Å². The summed E-state index contributed by atoms with van der Waals surface area (Å²) in [6.07, 6.45) is 10.4. The average Bonchev–Trinajstić information content (AvgIpc) is 2.75. The van der Waals surface area contributed by atoms with Crippen LogP contribution in [0, 0.1) is 11.3 Å². The molecule has 0 saturated heterocycles. The van der Waals surface area contributed by atoms with Crippen LogP contribution in [-0.2, 0) is 0 Å². The molecule has 0 fully saturated rings. The lowest BCUT2D eigenvalue weighted by molar-refractivity contribution is 0.609. The molecule has 0 aromatic heterocycles. The van der Waals surface area contributed by atoms with Gasteiger partial charge in [-0.15, -0.1) is 0 Å². The second-order valence-corrected chi connectivity index (χ2v) is 8.17. The van der Waals surface area contributed by atoms with Crippen LogP contribution in [-0.4, -0.2) is 13.1 Å². The maximum atomic E-state index is 9.16. The average molecular weight is 387 g/mol. The van der Waals surface area contributed by atoms with Gasteiger partial charge >= 0.3 is 0 Å². The van der Waals surface area contributed by atoms with Crippen molar-refractivity contribution < 1.29 is 0 Å². The monoisotopic (exact) mass is 386 g/mol. The van der Waals surface area contributed by atoms with Crippen LogP contribution >= 0.6 is 0 Å². The highest BCUT2D eigenvalue weighted by Crippen LogP contribution is 2.28. The lowest BCUT2D eigenvalue weighted by Crippen LogP contribution is -2.25. The van der Waals surface area contributed by atoms with Gasteiger partial charge in [-0.05, 0) is 70.8 Å². The van der Waals surface area contributed by atoms with E-state index in [0.29, 0.717) is 0 Å². The summed E-state index contributed by atoms with van der Waals surface area (Å²) in [6, 6.07) is 19.5. The molecule has 3 aromatic carbocycles. The Bertz CT molecular complexity index is 955. The minimum absolute atomic E-state index is 0.721. The minimum Gasteiger partial charge on any atom is -0.372 e. The van der Waals surface area contributed by atoms with Crippen LogP contribution in [0.15, 0.2) is 48.5 Å². The van der Waals surface area contributed by atoms with Crippen LogP contribution in [0.4, 0.5) is 5.69 Å². The molecule has 0 N–H and O–H groups in total. The Morgan fingerprint density at radius 1 is 0.655 bits per heavy atom. The van der Waals surface area contributed by atoms with Crippen molar-refractivity contribution in [3.05, 3.63) is 54.1 Å². The van der Waals surface area contributed by atoms with Crippen molar-refractivity contribution in [2.75, 3.05) is 18.0 Å². The summed E-state index contributed by atoms with van der Waals surface area (Å²) in [5.74, 6) is 0. The van der Waals surface area contributed by atoms with Crippen molar-refractivity contribution >= 4 is 27.2 Å². The van der Waals surface area contributed by atoms with Crippen molar-refractivity contribution in [1.29, 1.82) is 5.26 Å². The molecule has 0 spiro atoms. The molecule has 0 amide bonds. The lowest BCUT2D eigenvalue weighted by atomic mass is 10.0. The van der Waals surface area contributed by atoms with Gasteiger partial charge in [-0.2, -0.15) is 5.26 Å². The van der Waals surface area contributed by atoms with Crippen molar-refractivity contribution in [3.8, 4) is 6.07 Å². The zero-order chi connectivity index (χ0) is 20.5. The number of unbranched alkanes of at least 4 members (excludes halogenated alkanes) is 6. The molecule has 0 saturated carbocycles. The summed E-state index contributed by atoms with van der Waals surface area (Å²) in [7, 11) is 0. The second kappa shape index (κ2) is 10.9. The molecule has 0 aliphatic heterocycles. The molecule has 0 atom stereocenters. The van der Waals surface area contributed by atoms with E-state index in [-0.39, 0.29) is 0 Å². The Morgan fingerprint density at radius 2 is 1.24 bits per heavy atom.